The summed E-state index contributed by atoms with van der Waals surface area (Å²) in [7, 11) is 0. The van der Waals surface area contributed by atoms with E-state index < -0.39 is 5.66 Å². The van der Waals surface area contributed by atoms with Crippen molar-refractivity contribution in [3.8, 4) is 0 Å². The van der Waals surface area contributed by atoms with Crippen molar-refractivity contribution in [1.29, 1.82) is 0 Å². The van der Waals surface area contributed by atoms with E-state index in [9.17, 15) is 9.59 Å². The van der Waals surface area contributed by atoms with E-state index in [1.165, 1.54) is 0 Å². The first-order valence-electron chi connectivity index (χ1n) is 9.99. The molecule has 5 heteroatoms. The van der Waals surface area contributed by atoms with Gasteiger partial charge in [-0.05, 0) is 56.1 Å². The van der Waals surface area contributed by atoms with Gasteiger partial charge in [0, 0.05) is 30.6 Å². The highest BCUT2D eigenvalue weighted by atomic mass is 16.2. The number of fused-ring (bicyclic) bond motifs is 3. The minimum atomic E-state index is -0.403. The first-order valence-corrected chi connectivity index (χ1v) is 9.99. The Balaban J connectivity index is 1.45. The standard InChI is InChI=1S/C21H27N3O2/c1-20-9-8-14(12-16(20)19(26)24-10-4-5-11-24)21(13-20)22-17-7-3-2-6-15(17)18(25)23-21/h2-3,6-7,14,16,22H,4-5,8-13H2,1H3,(H,23,25)/t14-,16-,20-,21-/m0/s1. The summed E-state index contributed by atoms with van der Waals surface area (Å²) in [5, 5.41) is 6.97. The van der Waals surface area contributed by atoms with E-state index in [-0.39, 0.29) is 17.2 Å². The van der Waals surface area contributed by atoms with E-state index >= 15 is 0 Å². The Bertz CT molecular complexity index is 772. The molecule has 1 saturated heterocycles. The average Bonchev–Trinajstić information content (AvgIpc) is 3.15. The van der Waals surface area contributed by atoms with Gasteiger partial charge in [0.1, 0.15) is 5.66 Å². The van der Waals surface area contributed by atoms with Gasteiger partial charge in [-0.3, -0.25) is 9.59 Å². The topological polar surface area (TPSA) is 61.4 Å². The normalized spacial score (nSPS) is 38.0. The van der Waals surface area contributed by atoms with Gasteiger partial charge in [0.15, 0.2) is 0 Å². The molecule has 1 aromatic carbocycles. The van der Waals surface area contributed by atoms with Crippen LogP contribution in [0.3, 0.4) is 0 Å². The molecule has 0 radical (unpaired) electrons. The van der Waals surface area contributed by atoms with Crippen LogP contribution in [0, 0.1) is 17.3 Å². The molecule has 4 fully saturated rings. The first kappa shape index (κ1) is 16.2. The molecule has 5 nitrogen and oxygen atoms in total. The Morgan fingerprint density at radius 2 is 1.96 bits per heavy atom. The van der Waals surface area contributed by atoms with Crippen molar-refractivity contribution < 1.29 is 9.59 Å². The number of para-hydroxylation sites is 1. The van der Waals surface area contributed by atoms with Gasteiger partial charge >= 0.3 is 0 Å². The number of carbonyl (C=O) groups excluding carboxylic acids is 2. The number of nitrogens with zero attached hydrogens (tertiary/aromatic N) is 1. The van der Waals surface area contributed by atoms with E-state index in [1.54, 1.807) is 0 Å². The van der Waals surface area contributed by atoms with Crippen LogP contribution in [0.4, 0.5) is 5.69 Å². The average molecular weight is 353 g/mol. The van der Waals surface area contributed by atoms with Crippen molar-refractivity contribution >= 4 is 17.5 Å². The molecule has 2 N–H and O–H groups in total. The molecule has 2 aliphatic heterocycles. The zero-order chi connectivity index (χ0) is 17.9. The largest absolute Gasteiger partial charge is 0.362 e. The van der Waals surface area contributed by atoms with E-state index in [4.69, 9.17) is 0 Å². The fraction of sp³-hybridized carbons (Fsp3) is 0.619. The molecule has 1 spiro atoms. The van der Waals surface area contributed by atoms with Gasteiger partial charge < -0.3 is 15.5 Å². The van der Waals surface area contributed by atoms with Crippen LogP contribution >= 0.6 is 0 Å². The van der Waals surface area contributed by atoms with E-state index in [0.717, 1.165) is 62.9 Å². The van der Waals surface area contributed by atoms with Crippen LogP contribution in [0.1, 0.15) is 55.8 Å². The summed E-state index contributed by atoms with van der Waals surface area (Å²) in [4.78, 5) is 28.0. The first-order chi connectivity index (χ1) is 12.5. The molecule has 1 aromatic rings. The summed E-state index contributed by atoms with van der Waals surface area (Å²) in [5.41, 5.74) is 1.19. The van der Waals surface area contributed by atoms with Crippen molar-refractivity contribution in [1.82, 2.24) is 10.2 Å². The quantitative estimate of drug-likeness (QED) is 0.816. The van der Waals surface area contributed by atoms with Gasteiger partial charge in [0.25, 0.3) is 5.91 Å². The SMILES string of the molecule is C[C@@]12CC[C@@H](C[C@H]1C(=O)N1CCCC1)[C@]1(C2)NC(=O)c2ccccc2N1. The monoisotopic (exact) mass is 353 g/mol. The second-order valence-electron chi connectivity index (χ2n) is 8.98. The number of amides is 2. The number of likely N-dealkylation sites (tertiary alicyclic amines) is 1. The van der Waals surface area contributed by atoms with Gasteiger partial charge in [-0.1, -0.05) is 19.1 Å². The highest BCUT2D eigenvalue weighted by molar-refractivity contribution is 6.02. The molecule has 26 heavy (non-hydrogen) atoms. The molecule has 2 heterocycles. The molecule has 3 aliphatic carbocycles. The Labute approximate surface area is 154 Å². The van der Waals surface area contributed by atoms with Crippen molar-refractivity contribution in [2.24, 2.45) is 17.3 Å². The third-order valence-corrected chi connectivity index (χ3v) is 7.39. The number of hydrogen-bond acceptors (Lipinski definition) is 3. The summed E-state index contributed by atoms with van der Waals surface area (Å²) >= 11 is 0. The molecule has 5 aliphatic rings. The molecule has 2 bridgehead atoms. The third-order valence-electron chi connectivity index (χ3n) is 7.39. The van der Waals surface area contributed by atoms with Gasteiger partial charge in [-0.15, -0.1) is 0 Å². The fourth-order valence-corrected chi connectivity index (χ4v) is 5.99. The third kappa shape index (κ3) is 2.22. The highest BCUT2D eigenvalue weighted by Gasteiger charge is 2.60. The highest BCUT2D eigenvalue weighted by Crippen LogP contribution is 2.58. The molecular weight excluding hydrogens is 326 g/mol. The lowest BCUT2D eigenvalue weighted by Crippen LogP contribution is -2.70. The predicted molar refractivity (Wildman–Crippen MR) is 99.6 cm³/mol. The summed E-state index contributed by atoms with van der Waals surface area (Å²) < 4.78 is 0. The lowest BCUT2D eigenvalue weighted by molar-refractivity contribution is -0.149. The van der Waals surface area contributed by atoms with Crippen molar-refractivity contribution in [3.05, 3.63) is 29.8 Å². The van der Waals surface area contributed by atoms with Crippen LogP contribution in [0.25, 0.3) is 0 Å². The Hall–Kier alpha value is -2.04. The Morgan fingerprint density at radius 3 is 2.73 bits per heavy atom. The zero-order valence-corrected chi connectivity index (χ0v) is 15.4. The predicted octanol–water partition coefficient (Wildman–Crippen LogP) is 2.99. The maximum Gasteiger partial charge on any atom is 0.255 e. The summed E-state index contributed by atoms with van der Waals surface area (Å²) in [6.07, 6.45) is 6.11. The minimum Gasteiger partial charge on any atom is -0.362 e. The second kappa shape index (κ2) is 5.48. The summed E-state index contributed by atoms with van der Waals surface area (Å²) in [6.45, 7) is 4.10. The van der Waals surface area contributed by atoms with Gasteiger partial charge in [0.05, 0.1) is 5.56 Å². The number of hydrogen-bond donors (Lipinski definition) is 2. The fourth-order valence-electron chi connectivity index (χ4n) is 5.99. The Kier molecular flexibility index (Phi) is 3.40. The smallest absolute Gasteiger partial charge is 0.255 e. The molecular formula is C21H27N3O2. The van der Waals surface area contributed by atoms with Crippen molar-refractivity contribution in [2.45, 2.75) is 51.1 Å². The molecule has 0 unspecified atom stereocenters. The van der Waals surface area contributed by atoms with Gasteiger partial charge in [0.2, 0.25) is 5.91 Å². The van der Waals surface area contributed by atoms with Crippen LogP contribution in [0.5, 0.6) is 0 Å². The maximum absolute atomic E-state index is 13.1. The van der Waals surface area contributed by atoms with Crippen LogP contribution in [-0.2, 0) is 4.79 Å². The van der Waals surface area contributed by atoms with Crippen LogP contribution in [0.2, 0.25) is 0 Å². The van der Waals surface area contributed by atoms with E-state index in [2.05, 4.69) is 22.5 Å². The van der Waals surface area contributed by atoms with Crippen LogP contribution in [-0.4, -0.2) is 35.5 Å². The number of anilines is 1. The van der Waals surface area contributed by atoms with Crippen molar-refractivity contribution in [2.75, 3.05) is 18.4 Å². The molecule has 4 atom stereocenters. The second-order valence-corrected chi connectivity index (χ2v) is 8.98. The summed E-state index contributed by atoms with van der Waals surface area (Å²) in [6, 6.07) is 7.73. The maximum atomic E-state index is 13.1. The van der Waals surface area contributed by atoms with Crippen LogP contribution in [0.15, 0.2) is 24.3 Å². The number of benzene rings is 1. The molecule has 3 saturated carbocycles. The van der Waals surface area contributed by atoms with Crippen LogP contribution < -0.4 is 10.6 Å². The Morgan fingerprint density at radius 1 is 1.19 bits per heavy atom. The lowest BCUT2D eigenvalue weighted by atomic mass is 9.51. The van der Waals surface area contributed by atoms with E-state index in [1.807, 2.05) is 24.3 Å². The molecule has 138 valence electrons. The van der Waals surface area contributed by atoms with Crippen molar-refractivity contribution in [3.63, 3.8) is 0 Å². The zero-order valence-electron chi connectivity index (χ0n) is 15.4. The number of nitrogens with one attached hydrogen (secondary N) is 2. The number of rotatable bonds is 1. The van der Waals surface area contributed by atoms with E-state index in [0.29, 0.717) is 11.8 Å². The lowest BCUT2D eigenvalue weighted by Gasteiger charge is -2.61. The molecule has 0 aromatic heterocycles. The molecule has 6 rings (SSSR count). The minimum absolute atomic E-state index is 0.0120. The van der Waals surface area contributed by atoms with Gasteiger partial charge in [-0.2, -0.15) is 0 Å². The molecule has 2 amide bonds. The summed E-state index contributed by atoms with van der Waals surface area (Å²) in [5.74, 6) is 0.768. The number of carbonyl (C=O) groups is 2. The van der Waals surface area contributed by atoms with Gasteiger partial charge in [-0.25, -0.2) is 0 Å².